The van der Waals surface area contributed by atoms with E-state index in [0.29, 0.717) is 19.0 Å². The maximum absolute atomic E-state index is 11.6. The molecule has 2 fully saturated rings. The zero-order valence-electron chi connectivity index (χ0n) is 16.9. The first kappa shape index (κ1) is 21.0. The SMILES string of the molecule is CC1(C)OB(c2cnc(N3CC[C@H](CNC(=O)[C@H](O)CO)C3)nc2)OC1(C)C. The Labute approximate surface area is 165 Å². The molecule has 154 valence electrons. The fourth-order valence-corrected chi connectivity index (χ4v) is 3.22. The largest absolute Gasteiger partial charge is 0.498 e. The van der Waals surface area contributed by atoms with Gasteiger partial charge in [-0.25, -0.2) is 9.97 Å². The molecular weight excluding hydrogens is 363 g/mol. The van der Waals surface area contributed by atoms with Gasteiger partial charge in [0.05, 0.1) is 17.8 Å². The van der Waals surface area contributed by atoms with Crippen molar-refractivity contribution in [3.63, 3.8) is 0 Å². The zero-order valence-corrected chi connectivity index (χ0v) is 16.9. The average molecular weight is 392 g/mol. The first-order valence-corrected chi connectivity index (χ1v) is 9.62. The number of carbonyl (C=O) groups excluding carboxylic acids is 1. The van der Waals surface area contributed by atoms with Crippen LogP contribution in [0.4, 0.5) is 5.95 Å². The summed E-state index contributed by atoms with van der Waals surface area (Å²) < 4.78 is 12.0. The highest BCUT2D eigenvalue weighted by molar-refractivity contribution is 6.61. The van der Waals surface area contributed by atoms with Crippen LogP contribution in [0.25, 0.3) is 0 Å². The molecule has 2 aliphatic heterocycles. The Hall–Kier alpha value is -1.75. The molecule has 1 amide bonds. The fourth-order valence-electron chi connectivity index (χ4n) is 3.22. The van der Waals surface area contributed by atoms with Gasteiger partial charge >= 0.3 is 7.12 Å². The molecule has 3 N–H and O–H groups in total. The van der Waals surface area contributed by atoms with Gasteiger partial charge in [0, 0.05) is 37.5 Å². The third-order valence-electron chi connectivity index (χ3n) is 5.79. The molecule has 2 aliphatic rings. The molecule has 0 radical (unpaired) electrons. The summed E-state index contributed by atoms with van der Waals surface area (Å²) >= 11 is 0. The van der Waals surface area contributed by atoms with Crippen LogP contribution in [0.3, 0.4) is 0 Å². The normalized spacial score (nSPS) is 24.4. The molecule has 2 saturated heterocycles. The predicted octanol–water partition coefficient (Wildman–Crippen LogP) is -0.928. The van der Waals surface area contributed by atoms with Crippen molar-refractivity contribution in [1.82, 2.24) is 15.3 Å². The highest BCUT2D eigenvalue weighted by Crippen LogP contribution is 2.36. The van der Waals surface area contributed by atoms with Crippen LogP contribution in [-0.4, -0.2) is 76.8 Å². The molecule has 0 unspecified atom stereocenters. The Kier molecular flexibility index (Phi) is 5.95. The molecule has 0 aliphatic carbocycles. The molecule has 9 nitrogen and oxygen atoms in total. The molecule has 0 saturated carbocycles. The van der Waals surface area contributed by atoms with Crippen molar-refractivity contribution in [2.45, 2.75) is 51.4 Å². The Morgan fingerprint density at radius 3 is 2.50 bits per heavy atom. The van der Waals surface area contributed by atoms with Crippen molar-refractivity contribution < 1.29 is 24.3 Å². The van der Waals surface area contributed by atoms with E-state index in [1.165, 1.54) is 0 Å². The van der Waals surface area contributed by atoms with Gasteiger partial charge in [0.2, 0.25) is 5.95 Å². The Morgan fingerprint density at radius 2 is 1.93 bits per heavy atom. The molecular formula is C18H29BN4O5. The van der Waals surface area contributed by atoms with Crippen molar-refractivity contribution in [2.75, 3.05) is 31.1 Å². The number of carbonyl (C=O) groups is 1. The number of hydrogen-bond acceptors (Lipinski definition) is 8. The van der Waals surface area contributed by atoms with E-state index in [-0.39, 0.29) is 5.92 Å². The Bertz CT molecular complexity index is 684. The van der Waals surface area contributed by atoms with E-state index in [1.54, 1.807) is 12.4 Å². The van der Waals surface area contributed by atoms with Crippen LogP contribution in [0.5, 0.6) is 0 Å². The van der Waals surface area contributed by atoms with Crippen LogP contribution in [0, 0.1) is 5.92 Å². The lowest BCUT2D eigenvalue weighted by Gasteiger charge is -2.32. The van der Waals surface area contributed by atoms with Crippen molar-refractivity contribution in [1.29, 1.82) is 0 Å². The van der Waals surface area contributed by atoms with Gasteiger partial charge < -0.3 is 29.7 Å². The minimum absolute atomic E-state index is 0.237. The second-order valence-electron chi connectivity index (χ2n) is 8.45. The predicted molar refractivity (Wildman–Crippen MR) is 104 cm³/mol. The molecule has 28 heavy (non-hydrogen) atoms. The number of nitrogens with one attached hydrogen (secondary N) is 1. The summed E-state index contributed by atoms with van der Waals surface area (Å²) in [6.45, 7) is 9.39. The second kappa shape index (κ2) is 7.94. The number of aliphatic hydroxyl groups is 2. The summed E-state index contributed by atoms with van der Waals surface area (Å²) in [6.07, 6.45) is 2.98. The molecule has 1 aromatic rings. The molecule has 0 bridgehead atoms. The highest BCUT2D eigenvalue weighted by atomic mass is 16.7. The summed E-state index contributed by atoms with van der Waals surface area (Å²) in [7, 11) is -0.487. The second-order valence-corrected chi connectivity index (χ2v) is 8.45. The quantitative estimate of drug-likeness (QED) is 0.532. The summed E-state index contributed by atoms with van der Waals surface area (Å²) in [5.74, 6) is 0.315. The number of aromatic nitrogens is 2. The van der Waals surface area contributed by atoms with Gasteiger partial charge in [0.15, 0.2) is 6.10 Å². The van der Waals surface area contributed by atoms with E-state index >= 15 is 0 Å². The number of anilines is 1. The minimum atomic E-state index is -1.37. The van der Waals surface area contributed by atoms with Crippen molar-refractivity contribution >= 4 is 24.4 Å². The summed E-state index contributed by atoms with van der Waals surface area (Å²) in [4.78, 5) is 22.5. The number of aliphatic hydroxyl groups excluding tert-OH is 2. The lowest BCUT2D eigenvalue weighted by molar-refractivity contribution is -0.131. The first-order valence-electron chi connectivity index (χ1n) is 9.62. The molecule has 0 spiro atoms. The lowest BCUT2D eigenvalue weighted by atomic mass is 9.81. The Morgan fingerprint density at radius 1 is 1.32 bits per heavy atom. The van der Waals surface area contributed by atoms with Gasteiger partial charge in [0.1, 0.15) is 0 Å². The van der Waals surface area contributed by atoms with Crippen molar-refractivity contribution in [3.8, 4) is 0 Å². The molecule has 3 rings (SSSR count). The molecule has 1 aromatic heterocycles. The number of nitrogens with zero attached hydrogens (tertiary/aromatic N) is 3. The van der Waals surface area contributed by atoms with Crippen LogP contribution in [0.15, 0.2) is 12.4 Å². The molecule has 2 atom stereocenters. The highest BCUT2D eigenvalue weighted by Gasteiger charge is 2.52. The summed E-state index contributed by atoms with van der Waals surface area (Å²) in [5.41, 5.74) is -0.0394. The van der Waals surface area contributed by atoms with E-state index in [0.717, 1.165) is 18.4 Å². The van der Waals surface area contributed by atoms with E-state index in [2.05, 4.69) is 20.2 Å². The average Bonchev–Trinajstić information content (AvgIpc) is 3.21. The fraction of sp³-hybridized carbons (Fsp3) is 0.722. The monoisotopic (exact) mass is 392 g/mol. The third-order valence-corrected chi connectivity index (χ3v) is 5.79. The van der Waals surface area contributed by atoms with E-state index in [4.69, 9.17) is 14.4 Å². The minimum Gasteiger partial charge on any atom is -0.399 e. The van der Waals surface area contributed by atoms with Gasteiger partial charge in [-0.05, 0) is 40.0 Å². The summed E-state index contributed by atoms with van der Waals surface area (Å²) in [5, 5.41) is 20.8. The van der Waals surface area contributed by atoms with Crippen LogP contribution < -0.4 is 15.7 Å². The zero-order chi connectivity index (χ0) is 20.5. The molecule has 3 heterocycles. The number of rotatable bonds is 6. The third kappa shape index (κ3) is 4.30. The smallest absolute Gasteiger partial charge is 0.399 e. The summed E-state index contributed by atoms with van der Waals surface area (Å²) in [6, 6.07) is 0. The maximum atomic E-state index is 11.6. The van der Waals surface area contributed by atoms with Crippen LogP contribution in [0.2, 0.25) is 0 Å². The maximum Gasteiger partial charge on any atom is 0.498 e. The van der Waals surface area contributed by atoms with E-state index in [1.807, 2.05) is 27.7 Å². The molecule has 10 heteroatoms. The lowest BCUT2D eigenvalue weighted by Crippen LogP contribution is -2.41. The van der Waals surface area contributed by atoms with Gasteiger partial charge in [0.25, 0.3) is 5.91 Å². The first-order chi connectivity index (χ1) is 13.1. The van der Waals surface area contributed by atoms with Crippen LogP contribution in [-0.2, 0) is 14.1 Å². The van der Waals surface area contributed by atoms with Gasteiger partial charge in [-0.2, -0.15) is 0 Å². The number of hydrogen-bond donors (Lipinski definition) is 3. The topological polar surface area (TPSA) is 117 Å². The van der Waals surface area contributed by atoms with Crippen LogP contribution >= 0.6 is 0 Å². The van der Waals surface area contributed by atoms with E-state index in [9.17, 15) is 9.90 Å². The van der Waals surface area contributed by atoms with Crippen molar-refractivity contribution in [2.24, 2.45) is 5.92 Å². The number of amides is 1. The molecule has 0 aromatic carbocycles. The standard InChI is InChI=1S/C18H29BN4O5/c1-17(2)18(3,4)28-19(27-17)13-8-21-16(22-9-13)23-6-5-12(10-23)7-20-15(26)14(25)11-24/h8-9,12,14,24-25H,5-7,10-11H2,1-4H3,(H,20,26)/t12-,14-/m1/s1. The van der Waals surface area contributed by atoms with Crippen LogP contribution in [0.1, 0.15) is 34.1 Å². The van der Waals surface area contributed by atoms with Gasteiger partial charge in [-0.3, -0.25) is 4.79 Å². The van der Waals surface area contributed by atoms with Gasteiger partial charge in [-0.15, -0.1) is 0 Å². The van der Waals surface area contributed by atoms with Gasteiger partial charge in [-0.1, -0.05) is 0 Å². The van der Waals surface area contributed by atoms with Crippen molar-refractivity contribution in [3.05, 3.63) is 12.4 Å². The Balaban J connectivity index is 1.54. The van der Waals surface area contributed by atoms with E-state index < -0.39 is 36.9 Å².